The number of alkyl halides is 1. The molecule has 0 aliphatic rings. The van der Waals surface area contributed by atoms with Crippen LogP contribution in [0.3, 0.4) is 0 Å². The number of hydrogen-bond donors (Lipinski definition) is 2. The van der Waals surface area contributed by atoms with Crippen LogP contribution in [-0.2, 0) is 5.67 Å². The number of hydrogen-bond acceptors (Lipinski definition) is 6. The van der Waals surface area contributed by atoms with Crippen molar-refractivity contribution in [2.75, 3.05) is 16.8 Å². The molecule has 1 atom stereocenters. The topological polar surface area (TPSA) is 76.7 Å². The summed E-state index contributed by atoms with van der Waals surface area (Å²) in [4.78, 5) is 13.1. The zero-order valence-corrected chi connectivity index (χ0v) is 15.7. The Balaban J connectivity index is 2.03. The van der Waals surface area contributed by atoms with Crippen LogP contribution in [0.2, 0.25) is 5.02 Å². The summed E-state index contributed by atoms with van der Waals surface area (Å²) in [6.45, 7) is 6.80. The van der Waals surface area contributed by atoms with E-state index < -0.39 is 5.67 Å². The van der Waals surface area contributed by atoms with E-state index in [1.54, 1.807) is 11.8 Å². The van der Waals surface area contributed by atoms with Crippen molar-refractivity contribution in [3.8, 4) is 0 Å². The van der Waals surface area contributed by atoms with Crippen molar-refractivity contribution in [1.29, 1.82) is 0 Å². The molecule has 2 aromatic rings. The predicted molar refractivity (Wildman–Crippen MR) is 98.4 cm³/mol. The van der Waals surface area contributed by atoms with Gasteiger partial charge in [-0.1, -0.05) is 17.7 Å². The summed E-state index contributed by atoms with van der Waals surface area (Å²) in [6, 6.07) is 5.85. The van der Waals surface area contributed by atoms with E-state index in [0.717, 1.165) is 10.6 Å². The molecule has 8 heteroatoms. The summed E-state index contributed by atoms with van der Waals surface area (Å²) in [7, 11) is 0. The smallest absolute Gasteiger partial charge is 0.228 e. The number of rotatable bonds is 6. The third kappa shape index (κ3) is 5.21. The number of thioether (sulfide) groups is 1. The van der Waals surface area contributed by atoms with E-state index in [9.17, 15) is 4.39 Å². The summed E-state index contributed by atoms with van der Waals surface area (Å²) < 4.78 is 14.0. The molecular formula is C16H21ClFN5S. The summed E-state index contributed by atoms with van der Waals surface area (Å²) in [6.07, 6.45) is 0. The SMILES string of the molecule is Cc1ccc(Cl)cc1SCC(C)Nc1nc(N)nc(C(C)(C)F)n1. The predicted octanol–water partition coefficient (Wildman–Crippen LogP) is 4.21. The van der Waals surface area contributed by atoms with Gasteiger partial charge in [-0.3, -0.25) is 0 Å². The number of nitrogens with one attached hydrogen (secondary N) is 1. The molecule has 0 fully saturated rings. The Hall–Kier alpha value is -1.60. The lowest BCUT2D eigenvalue weighted by atomic mass is 10.1. The maximum Gasteiger partial charge on any atom is 0.228 e. The van der Waals surface area contributed by atoms with E-state index >= 15 is 0 Å². The highest BCUT2D eigenvalue weighted by Crippen LogP contribution is 2.27. The molecule has 130 valence electrons. The van der Waals surface area contributed by atoms with E-state index in [0.29, 0.717) is 5.02 Å². The van der Waals surface area contributed by atoms with Gasteiger partial charge >= 0.3 is 0 Å². The fourth-order valence-electron chi connectivity index (χ4n) is 1.93. The molecule has 1 aromatic heterocycles. The van der Waals surface area contributed by atoms with Crippen LogP contribution < -0.4 is 11.1 Å². The van der Waals surface area contributed by atoms with Crippen LogP contribution in [0.15, 0.2) is 23.1 Å². The minimum Gasteiger partial charge on any atom is -0.368 e. The average molecular weight is 370 g/mol. The van der Waals surface area contributed by atoms with Gasteiger partial charge in [-0.25, -0.2) is 4.39 Å². The Morgan fingerprint density at radius 3 is 2.71 bits per heavy atom. The van der Waals surface area contributed by atoms with E-state index in [1.165, 1.54) is 19.4 Å². The van der Waals surface area contributed by atoms with Gasteiger partial charge in [-0.2, -0.15) is 15.0 Å². The Bertz CT molecular complexity index is 720. The second-order valence-electron chi connectivity index (χ2n) is 6.08. The molecule has 0 aliphatic carbocycles. The Kier molecular flexibility index (Phi) is 5.87. The van der Waals surface area contributed by atoms with Gasteiger partial charge in [0.25, 0.3) is 0 Å². The average Bonchev–Trinajstić information content (AvgIpc) is 2.46. The maximum absolute atomic E-state index is 14.0. The van der Waals surface area contributed by atoms with Gasteiger partial charge in [-0.05, 0) is 45.4 Å². The molecule has 1 aromatic carbocycles. The lowest BCUT2D eigenvalue weighted by molar-refractivity contribution is 0.206. The quantitative estimate of drug-likeness (QED) is 0.742. The van der Waals surface area contributed by atoms with Gasteiger partial charge in [0, 0.05) is 21.7 Å². The van der Waals surface area contributed by atoms with Gasteiger partial charge in [0.2, 0.25) is 11.9 Å². The first-order chi connectivity index (χ1) is 11.1. The van der Waals surface area contributed by atoms with Gasteiger partial charge in [0.05, 0.1) is 0 Å². The number of nitrogens with zero attached hydrogens (tertiary/aromatic N) is 3. The van der Waals surface area contributed by atoms with E-state index in [2.05, 4.69) is 20.3 Å². The van der Waals surface area contributed by atoms with Crippen LogP contribution in [-0.4, -0.2) is 26.7 Å². The highest BCUT2D eigenvalue weighted by Gasteiger charge is 2.24. The van der Waals surface area contributed by atoms with Crippen LogP contribution in [0, 0.1) is 6.92 Å². The molecular weight excluding hydrogens is 349 g/mol. The zero-order chi connectivity index (χ0) is 17.9. The second-order valence-corrected chi connectivity index (χ2v) is 7.58. The molecule has 2 rings (SSSR count). The normalized spacial score (nSPS) is 12.9. The molecule has 3 N–H and O–H groups in total. The number of aromatic nitrogens is 3. The van der Waals surface area contributed by atoms with Crippen LogP contribution >= 0.6 is 23.4 Å². The highest BCUT2D eigenvalue weighted by atomic mass is 35.5. The van der Waals surface area contributed by atoms with Gasteiger partial charge in [0.1, 0.15) is 0 Å². The zero-order valence-electron chi connectivity index (χ0n) is 14.1. The Morgan fingerprint density at radius 1 is 1.33 bits per heavy atom. The van der Waals surface area contributed by atoms with Crippen LogP contribution in [0.4, 0.5) is 16.3 Å². The van der Waals surface area contributed by atoms with E-state index in [1.807, 2.05) is 32.0 Å². The van der Waals surface area contributed by atoms with Crippen molar-refractivity contribution in [1.82, 2.24) is 15.0 Å². The number of benzene rings is 1. The van der Waals surface area contributed by atoms with Crippen LogP contribution in [0.5, 0.6) is 0 Å². The largest absolute Gasteiger partial charge is 0.368 e. The molecule has 0 amide bonds. The minimum atomic E-state index is -1.68. The molecule has 1 heterocycles. The maximum atomic E-state index is 14.0. The summed E-state index contributed by atoms with van der Waals surface area (Å²) in [5, 5.41) is 3.85. The summed E-state index contributed by atoms with van der Waals surface area (Å²) in [5.74, 6) is 1.06. The number of halogens is 2. The first-order valence-corrected chi connectivity index (χ1v) is 8.88. The number of aryl methyl sites for hydroxylation is 1. The number of anilines is 2. The monoisotopic (exact) mass is 369 g/mol. The molecule has 0 aliphatic heterocycles. The minimum absolute atomic E-state index is 0.00114. The third-order valence-corrected chi connectivity index (χ3v) is 4.85. The van der Waals surface area contributed by atoms with E-state index in [-0.39, 0.29) is 23.8 Å². The van der Waals surface area contributed by atoms with Gasteiger partial charge in [0.15, 0.2) is 11.5 Å². The first-order valence-electron chi connectivity index (χ1n) is 7.51. The first kappa shape index (κ1) is 18.7. The van der Waals surface area contributed by atoms with Crippen molar-refractivity contribution < 1.29 is 4.39 Å². The van der Waals surface area contributed by atoms with Crippen molar-refractivity contribution in [3.63, 3.8) is 0 Å². The lowest BCUT2D eigenvalue weighted by Gasteiger charge is -2.17. The molecule has 0 bridgehead atoms. The fourth-order valence-corrected chi connectivity index (χ4v) is 3.18. The standard InChI is InChI=1S/C16H21ClFN5S/c1-9-5-6-11(17)7-12(9)24-8-10(2)20-15-22-13(16(3,4)18)21-14(19)23-15/h5-7,10H,8H2,1-4H3,(H3,19,20,21,22,23). The molecule has 1 unspecified atom stereocenters. The molecule has 5 nitrogen and oxygen atoms in total. The van der Waals surface area contributed by atoms with Crippen LogP contribution in [0.1, 0.15) is 32.2 Å². The van der Waals surface area contributed by atoms with Crippen LogP contribution in [0.25, 0.3) is 0 Å². The Morgan fingerprint density at radius 2 is 2.04 bits per heavy atom. The molecule has 0 radical (unpaired) electrons. The number of nitrogen functional groups attached to an aromatic ring is 1. The molecule has 0 spiro atoms. The van der Waals surface area contributed by atoms with E-state index in [4.69, 9.17) is 17.3 Å². The number of nitrogens with two attached hydrogens (primary N) is 1. The molecule has 0 saturated heterocycles. The highest BCUT2D eigenvalue weighted by molar-refractivity contribution is 7.99. The summed E-state index contributed by atoms with van der Waals surface area (Å²) in [5.41, 5.74) is 5.14. The lowest BCUT2D eigenvalue weighted by Crippen LogP contribution is -2.23. The van der Waals surface area contributed by atoms with Crippen molar-refractivity contribution in [2.24, 2.45) is 0 Å². The van der Waals surface area contributed by atoms with Crippen molar-refractivity contribution in [3.05, 3.63) is 34.6 Å². The molecule has 24 heavy (non-hydrogen) atoms. The van der Waals surface area contributed by atoms with Gasteiger partial charge < -0.3 is 11.1 Å². The Labute approximate surface area is 150 Å². The van der Waals surface area contributed by atoms with Gasteiger partial charge in [-0.15, -0.1) is 11.8 Å². The van der Waals surface area contributed by atoms with Crippen molar-refractivity contribution >= 4 is 35.3 Å². The third-order valence-electron chi connectivity index (χ3n) is 3.20. The molecule has 0 saturated carbocycles. The fraction of sp³-hybridized carbons (Fsp3) is 0.438. The summed E-state index contributed by atoms with van der Waals surface area (Å²) >= 11 is 7.71. The van der Waals surface area contributed by atoms with Crippen molar-refractivity contribution in [2.45, 2.75) is 44.3 Å². The second kappa shape index (κ2) is 7.53.